The topological polar surface area (TPSA) is 67.8 Å². The smallest absolute Gasteiger partial charge is 0.218 e. The van der Waals surface area contributed by atoms with Crippen LogP contribution in [0.4, 0.5) is 0 Å². The maximum absolute atomic E-state index is 5.52. The number of pyridine rings is 1. The van der Waals surface area contributed by atoms with Crippen molar-refractivity contribution in [2.24, 2.45) is 4.99 Å². The minimum Gasteiger partial charge on any atom is -0.478 e. The number of nitrogens with zero attached hydrogens (tertiary/aromatic N) is 2. The zero-order valence-corrected chi connectivity index (χ0v) is 16.6. The van der Waals surface area contributed by atoms with Crippen molar-refractivity contribution in [2.75, 3.05) is 32.9 Å². The molecule has 2 N–H and O–H groups in total. The Balaban J connectivity index is 0.00000484. The molecule has 0 aromatic carbocycles. The van der Waals surface area contributed by atoms with E-state index < -0.39 is 0 Å². The lowest BCUT2D eigenvalue weighted by molar-refractivity contribution is 0.145. The number of ether oxygens (including phenoxy) is 2. The van der Waals surface area contributed by atoms with Gasteiger partial charge in [-0.15, -0.1) is 24.0 Å². The fourth-order valence-corrected chi connectivity index (χ4v) is 1.84. The summed E-state index contributed by atoms with van der Waals surface area (Å²) in [5.41, 5.74) is 0.982. The Morgan fingerprint density at radius 3 is 2.74 bits per heavy atom. The van der Waals surface area contributed by atoms with E-state index in [4.69, 9.17) is 9.47 Å². The Bertz CT molecular complexity index is 444. The molecule has 0 amide bonds. The summed E-state index contributed by atoms with van der Waals surface area (Å²) in [4.78, 5) is 8.82. The Hall–Kier alpha value is -1.09. The summed E-state index contributed by atoms with van der Waals surface area (Å²) in [5, 5.41) is 6.53. The highest BCUT2D eigenvalue weighted by Crippen LogP contribution is 2.15. The number of guanidine groups is 1. The highest BCUT2D eigenvalue weighted by Gasteiger charge is 2.04. The number of halogens is 1. The molecule has 23 heavy (non-hydrogen) atoms. The largest absolute Gasteiger partial charge is 0.478 e. The molecule has 7 heteroatoms. The van der Waals surface area contributed by atoms with Crippen LogP contribution >= 0.6 is 24.0 Å². The molecule has 0 unspecified atom stereocenters. The highest BCUT2D eigenvalue weighted by molar-refractivity contribution is 14.0. The van der Waals surface area contributed by atoms with Gasteiger partial charge in [-0.25, -0.2) is 9.98 Å². The lowest BCUT2D eigenvalue weighted by atomic mass is 10.3. The number of aliphatic imine (C=N–C) groups is 1. The van der Waals surface area contributed by atoms with Crippen LogP contribution in [0.1, 0.15) is 32.8 Å². The standard InChI is InChI=1S/C16H28N4O2.HI/c1-4-17-16(19-11-8-12-21-5-2)20-13-14-9-7-10-18-15(14)22-6-3;/h7,9-10H,4-6,8,11-13H2,1-3H3,(H2,17,19,20);1H. The van der Waals surface area contributed by atoms with E-state index in [-0.39, 0.29) is 24.0 Å². The van der Waals surface area contributed by atoms with Crippen molar-refractivity contribution in [3.05, 3.63) is 23.9 Å². The monoisotopic (exact) mass is 436 g/mol. The molecule has 0 spiro atoms. The first-order valence-electron chi connectivity index (χ1n) is 7.98. The molecule has 0 saturated heterocycles. The van der Waals surface area contributed by atoms with Crippen LogP contribution < -0.4 is 15.4 Å². The van der Waals surface area contributed by atoms with E-state index in [2.05, 4.69) is 20.6 Å². The third-order valence-electron chi connectivity index (χ3n) is 2.84. The average Bonchev–Trinajstić information content (AvgIpc) is 2.54. The van der Waals surface area contributed by atoms with Crippen LogP contribution in [0.25, 0.3) is 0 Å². The molecule has 1 aromatic heterocycles. The zero-order chi connectivity index (χ0) is 16.0. The molecule has 0 aliphatic heterocycles. The summed E-state index contributed by atoms with van der Waals surface area (Å²) in [5.74, 6) is 1.45. The van der Waals surface area contributed by atoms with E-state index in [0.717, 1.165) is 44.2 Å². The molecular formula is C16H29IN4O2. The van der Waals surface area contributed by atoms with Crippen molar-refractivity contribution in [1.29, 1.82) is 0 Å². The summed E-state index contributed by atoms with van der Waals surface area (Å²) in [6, 6.07) is 3.88. The van der Waals surface area contributed by atoms with Crippen LogP contribution in [0.5, 0.6) is 5.88 Å². The van der Waals surface area contributed by atoms with Crippen molar-refractivity contribution >= 4 is 29.9 Å². The molecule has 0 aliphatic carbocycles. The fraction of sp³-hybridized carbons (Fsp3) is 0.625. The summed E-state index contributed by atoms with van der Waals surface area (Å²) in [6.07, 6.45) is 2.69. The van der Waals surface area contributed by atoms with E-state index in [1.54, 1.807) is 6.20 Å². The second-order valence-electron chi connectivity index (χ2n) is 4.57. The van der Waals surface area contributed by atoms with Crippen molar-refractivity contribution in [3.8, 4) is 5.88 Å². The third kappa shape index (κ3) is 9.60. The number of hydrogen-bond acceptors (Lipinski definition) is 4. The molecule has 1 heterocycles. The van der Waals surface area contributed by atoms with Crippen LogP contribution in [0.15, 0.2) is 23.3 Å². The normalized spacial score (nSPS) is 10.8. The van der Waals surface area contributed by atoms with E-state index >= 15 is 0 Å². The van der Waals surface area contributed by atoms with E-state index in [9.17, 15) is 0 Å². The van der Waals surface area contributed by atoms with Gasteiger partial charge in [0, 0.05) is 38.1 Å². The Morgan fingerprint density at radius 2 is 2.04 bits per heavy atom. The van der Waals surface area contributed by atoms with Gasteiger partial charge in [0.15, 0.2) is 5.96 Å². The molecule has 0 radical (unpaired) electrons. The Kier molecular flexibility index (Phi) is 13.8. The fourth-order valence-electron chi connectivity index (χ4n) is 1.84. The van der Waals surface area contributed by atoms with Gasteiger partial charge >= 0.3 is 0 Å². The summed E-state index contributed by atoms with van der Waals surface area (Å²) >= 11 is 0. The molecule has 1 rings (SSSR count). The van der Waals surface area contributed by atoms with Gasteiger partial charge in [0.05, 0.1) is 13.2 Å². The minimum atomic E-state index is 0. The molecule has 0 fully saturated rings. The van der Waals surface area contributed by atoms with Crippen LogP contribution in [0.2, 0.25) is 0 Å². The zero-order valence-electron chi connectivity index (χ0n) is 14.3. The molecule has 0 saturated carbocycles. The van der Waals surface area contributed by atoms with Gasteiger partial charge in [0.2, 0.25) is 5.88 Å². The molecule has 0 aliphatic rings. The maximum atomic E-state index is 5.52. The summed E-state index contributed by atoms with van der Waals surface area (Å²) < 4.78 is 10.8. The van der Waals surface area contributed by atoms with Gasteiger partial charge in [0.1, 0.15) is 0 Å². The molecule has 6 nitrogen and oxygen atoms in total. The third-order valence-corrected chi connectivity index (χ3v) is 2.84. The van der Waals surface area contributed by atoms with Crippen LogP contribution in [-0.4, -0.2) is 43.9 Å². The number of nitrogens with one attached hydrogen (secondary N) is 2. The van der Waals surface area contributed by atoms with Gasteiger partial charge in [-0.05, 0) is 33.3 Å². The second kappa shape index (κ2) is 14.5. The molecule has 0 atom stereocenters. The molecule has 1 aromatic rings. The SMILES string of the molecule is CCNC(=NCc1cccnc1OCC)NCCCOCC.I. The Morgan fingerprint density at radius 1 is 1.22 bits per heavy atom. The lowest BCUT2D eigenvalue weighted by Crippen LogP contribution is -2.38. The van der Waals surface area contributed by atoms with Crippen LogP contribution in [0.3, 0.4) is 0 Å². The van der Waals surface area contributed by atoms with Gasteiger partial charge in [-0.1, -0.05) is 6.07 Å². The number of rotatable bonds is 10. The quantitative estimate of drug-likeness (QED) is 0.256. The first-order valence-corrected chi connectivity index (χ1v) is 7.98. The van der Waals surface area contributed by atoms with E-state index in [1.807, 2.05) is 32.9 Å². The highest BCUT2D eigenvalue weighted by atomic mass is 127. The number of aromatic nitrogens is 1. The Labute approximate surface area is 156 Å². The van der Waals surface area contributed by atoms with Crippen LogP contribution in [-0.2, 0) is 11.3 Å². The van der Waals surface area contributed by atoms with Gasteiger partial charge in [-0.3, -0.25) is 0 Å². The first-order chi connectivity index (χ1) is 10.8. The first kappa shape index (κ1) is 21.9. The summed E-state index contributed by atoms with van der Waals surface area (Å²) in [7, 11) is 0. The van der Waals surface area contributed by atoms with Gasteiger partial charge < -0.3 is 20.1 Å². The predicted octanol–water partition coefficient (Wildman–Crippen LogP) is 2.58. The molecule has 0 bridgehead atoms. The van der Waals surface area contributed by atoms with Crippen LogP contribution in [0, 0.1) is 0 Å². The summed E-state index contributed by atoms with van der Waals surface area (Å²) in [6.45, 7) is 10.3. The average molecular weight is 436 g/mol. The van der Waals surface area contributed by atoms with E-state index in [1.165, 1.54) is 0 Å². The maximum Gasteiger partial charge on any atom is 0.218 e. The number of hydrogen-bond donors (Lipinski definition) is 2. The van der Waals surface area contributed by atoms with Crippen molar-refractivity contribution < 1.29 is 9.47 Å². The van der Waals surface area contributed by atoms with Crippen molar-refractivity contribution in [1.82, 2.24) is 15.6 Å². The molecular weight excluding hydrogens is 407 g/mol. The van der Waals surface area contributed by atoms with Gasteiger partial charge in [0.25, 0.3) is 0 Å². The molecule has 132 valence electrons. The predicted molar refractivity (Wildman–Crippen MR) is 105 cm³/mol. The minimum absolute atomic E-state index is 0. The van der Waals surface area contributed by atoms with Gasteiger partial charge in [-0.2, -0.15) is 0 Å². The lowest BCUT2D eigenvalue weighted by Gasteiger charge is -2.12. The van der Waals surface area contributed by atoms with Crippen molar-refractivity contribution in [3.63, 3.8) is 0 Å². The van der Waals surface area contributed by atoms with Crippen molar-refractivity contribution in [2.45, 2.75) is 33.7 Å². The van der Waals surface area contributed by atoms with E-state index in [0.29, 0.717) is 19.0 Å². The second-order valence-corrected chi connectivity index (χ2v) is 4.57.